The maximum absolute atomic E-state index is 13.0. The normalized spacial score (nSPS) is 13.3. The molecule has 0 aliphatic rings. The Hall–Kier alpha value is -1.59. The molecule has 2 nitrogen and oxygen atoms in total. The summed E-state index contributed by atoms with van der Waals surface area (Å²) >= 11 is 5.84. The van der Waals surface area contributed by atoms with Gasteiger partial charge in [0.1, 0.15) is 0 Å². The third kappa shape index (κ3) is 2.94. The molecule has 1 atom stereocenters. The topological polar surface area (TPSA) is 38.9 Å². The minimum Gasteiger partial charge on any atom is -0.320 e. The van der Waals surface area contributed by atoms with Crippen LogP contribution in [0.15, 0.2) is 36.7 Å². The van der Waals surface area contributed by atoms with Crippen molar-refractivity contribution in [3.05, 3.63) is 63.9 Å². The molecule has 0 fully saturated rings. The smallest absolute Gasteiger partial charge is 0.320 e. The molecule has 1 unspecified atom stereocenters. The van der Waals surface area contributed by atoms with E-state index in [1.54, 1.807) is 25.1 Å². The number of nitrogens with zero attached hydrogens (tertiary/aromatic N) is 1. The molecule has 0 saturated carbocycles. The second-order valence-electron chi connectivity index (χ2n) is 4.44. The fraction of sp³-hybridized carbons (Fsp3) is 0.214. The third-order valence-corrected chi connectivity index (χ3v) is 3.29. The summed E-state index contributed by atoms with van der Waals surface area (Å²) in [6.45, 7) is 1.75. The Morgan fingerprint density at radius 1 is 1.20 bits per heavy atom. The van der Waals surface area contributed by atoms with Crippen LogP contribution in [-0.4, -0.2) is 4.98 Å². The first-order valence-electron chi connectivity index (χ1n) is 5.83. The lowest BCUT2D eigenvalue weighted by Crippen LogP contribution is -2.19. The molecule has 1 aromatic carbocycles. The van der Waals surface area contributed by atoms with Crippen molar-refractivity contribution >= 4 is 11.6 Å². The van der Waals surface area contributed by atoms with Gasteiger partial charge in [0.05, 0.1) is 11.6 Å². The summed E-state index contributed by atoms with van der Waals surface area (Å²) in [5.74, 6) is 0. The highest BCUT2D eigenvalue weighted by Gasteiger charge is 2.35. The van der Waals surface area contributed by atoms with Crippen molar-refractivity contribution in [3.8, 4) is 0 Å². The number of halogens is 4. The van der Waals surface area contributed by atoms with Gasteiger partial charge in [-0.2, -0.15) is 13.2 Å². The Balaban J connectivity index is 2.51. The highest BCUT2D eigenvalue weighted by molar-refractivity contribution is 6.30. The van der Waals surface area contributed by atoms with E-state index in [1.807, 2.05) is 0 Å². The summed E-state index contributed by atoms with van der Waals surface area (Å²) in [5.41, 5.74) is 6.49. The van der Waals surface area contributed by atoms with Crippen LogP contribution in [-0.2, 0) is 6.18 Å². The van der Waals surface area contributed by atoms with Crippen LogP contribution in [0.2, 0.25) is 5.02 Å². The van der Waals surface area contributed by atoms with E-state index in [1.165, 1.54) is 0 Å². The maximum Gasteiger partial charge on any atom is 0.416 e. The van der Waals surface area contributed by atoms with Crippen LogP contribution < -0.4 is 5.73 Å². The van der Waals surface area contributed by atoms with E-state index in [4.69, 9.17) is 17.3 Å². The van der Waals surface area contributed by atoms with E-state index in [9.17, 15) is 13.2 Å². The highest BCUT2D eigenvalue weighted by Crippen LogP contribution is 2.36. The summed E-state index contributed by atoms with van der Waals surface area (Å²) in [4.78, 5) is 3.75. The van der Waals surface area contributed by atoms with Crippen LogP contribution in [0, 0.1) is 6.92 Å². The summed E-state index contributed by atoms with van der Waals surface area (Å²) in [6, 6.07) is 4.93. The zero-order valence-electron chi connectivity index (χ0n) is 10.6. The number of hydrogen-bond acceptors (Lipinski definition) is 2. The Morgan fingerprint density at radius 2 is 1.90 bits per heavy atom. The van der Waals surface area contributed by atoms with Crippen molar-refractivity contribution in [2.24, 2.45) is 5.73 Å². The lowest BCUT2D eigenvalue weighted by molar-refractivity contribution is -0.138. The summed E-state index contributed by atoms with van der Waals surface area (Å²) in [5, 5.41) is 0.515. The standard InChI is InChI=1S/C14H12ClF3N2/c1-8-6-9(15)2-3-10(8)13(19)11-7-20-5-4-12(11)14(16,17)18/h2-7,13H,19H2,1H3. The van der Waals surface area contributed by atoms with Crippen LogP contribution >= 0.6 is 11.6 Å². The minimum absolute atomic E-state index is 0.0505. The van der Waals surface area contributed by atoms with Gasteiger partial charge in [0.25, 0.3) is 0 Å². The van der Waals surface area contributed by atoms with Gasteiger partial charge in [0, 0.05) is 23.0 Å². The molecular formula is C14H12ClF3N2. The van der Waals surface area contributed by atoms with Gasteiger partial charge < -0.3 is 5.73 Å². The number of benzene rings is 1. The van der Waals surface area contributed by atoms with Crippen LogP contribution in [0.3, 0.4) is 0 Å². The molecule has 1 heterocycles. The van der Waals surface area contributed by atoms with Crippen LogP contribution in [0.5, 0.6) is 0 Å². The van der Waals surface area contributed by atoms with Crippen LogP contribution in [0.1, 0.15) is 28.3 Å². The molecule has 0 spiro atoms. The third-order valence-electron chi connectivity index (χ3n) is 3.06. The largest absolute Gasteiger partial charge is 0.416 e. The van der Waals surface area contributed by atoms with E-state index in [-0.39, 0.29) is 5.56 Å². The molecule has 2 N–H and O–H groups in total. The number of hydrogen-bond donors (Lipinski definition) is 1. The molecule has 106 valence electrons. The predicted octanol–water partition coefficient (Wildman–Crippen LogP) is 4.11. The lowest BCUT2D eigenvalue weighted by atomic mass is 9.93. The predicted molar refractivity (Wildman–Crippen MR) is 71.5 cm³/mol. The lowest BCUT2D eigenvalue weighted by Gasteiger charge is -2.19. The molecule has 20 heavy (non-hydrogen) atoms. The van der Waals surface area contributed by atoms with Gasteiger partial charge in [-0.25, -0.2) is 0 Å². The first-order valence-corrected chi connectivity index (χ1v) is 6.21. The molecule has 0 amide bonds. The Bertz CT molecular complexity index is 626. The Morgan fingerprint density at radius 3 is 2.50 bits per heavy atom. The monoisotopic (exact) mass is 300 g/mol. The van der Waals surface area contributed by atoms with Gasteiger partial charge in [0.15, 0.2) is 0 Å². The highest BCUT2D eigenvalue weighted by atomic mass is 35.5. The van der Waals surface area contributed by atoms with Crippen LogP contribution in [0.4, 0.5) is 13.2 Å². The fourth-order valence-corrected chi connectivity index (χ4v) is 2.29. The average Bonchev–Trinajstić information content (AvgIpc) is 2.37. The summed E-state index contributed by atoms with van der Waals surface area (Å²) in [7, 11) is 0. The van der Waals surface area contributed by atoms with Gasteiger partial charge >= 0.3 is 6.18 Å². The van der Waals surface area contributed by atoms with Gasteiger partial charge in [-0.15, -0.1) is 0 Å². The van der Waals surface area contributed by atoms with Crippen molar-refractivity contribution < 1.29 is 13.2 Å². The molecule has 6 heteroatoms. The van der Waals surface area contributed by atoms with Crippen molar-refractivity contribution in [2.75, 3.05) is 0 Å². The maximum atomic E-state index is 13.0. The number of pyridine rings is 1. The SMILES string of the molecule is Cc1cc(Cl)ccc1C(N)c1cnccc1C(F)(F)F. The van der Waals surface area contributed by atoms with Gasteiger partial charge in [-0.3, -0.25) is 4.98 Å². The van der Waals surface area contributed by atoms with Crippen molar-refractivity contribution in [2.45, 2.75) is 19.1 Å². The first kappa shape index (κ1) is 14.8. The van der Waals surface area contributed by atoms with E-state index in [0.717, 1.165) is 24.0 Å². The number of aryl methyl sites for hydroxylation is 1. The molecule has 0 aliphatic heterocycles. The van der Waals surface area contributed by atoms with E-state index < -0.39 is 17.8 Å². The molecule has 0 aliphatic carbocycles. The van der Waals surface area contributed by atoms with Crippen molar-refractivity contribution in [1.29, 1.82) is 0 Å². The zero-order valence-corrected chi connectivity index (χ0v) is 11.3. The number of aromatic nitrogens is 1. The molecule has 2 aromatic rings. The second kappa shape index (κ2) is 5.42. The van der Waals surface area contributed by atoms with Crippen LogP contribution in [0.25, 0.3) is 0 Å². The number of alkyl halides is 3. The molecule has 0 saturated heterocycles. The minimum atomic E-state index is -4.46. The van der Waals surface area contributed by atoms with Gasteiger partial charge in [-0.1, -0.05) is 17.7 Å². The van der Waals surface area contributed by atoms with Crippen molar-refractivity contribution in [3.63, 3.8) is 0 Å². The Kier molecular flexibility index (Phi) is 4.01. The number of rotatable bonds is 2. The van der Waals surface area contributed by atoms with Gasteiger partial charge in [-0.05, 0) is 36.2 Å². The van der Waals surface area contributed by atoms with E-state index in [2.05, 4.69) is 4.98 Å². The molecule has 2 rings (SSSR count). The number of nitrogens with two attached hydrogens (primary N) is 1. The average molecular weight is 301 g/mol. The van der Waals surface area contributed by atoms with Crippen molar-refractivity contribution in [1.82, 2.24) is 4.98 Å². The molecule has 0 bridgehead atoms. The molecule has 0 radical (unpaired) electrons. The first-order chi connectivity index (χ1) is 9.30. The summed E-state index contributed by atoms with van der Waals surface area (Å²) < 4.78 is 39.0. The molecule has 1 aromatic heterocycles. The summed E-state index contributed by atoms with van der Waals surface area (Å²) in [6.07, 6.45) is -2.20. The van der Waals surface area contributed by atoms with E-state index >= 15 is 0 Å². The zero-order chi connectivity index (χ0) is 14.9. The second-order valence-corrected chi connectivity index (χ2v) is 4.88. The Labute approximate surface area is 119 Å². The molecular weight excluding hydrogens is 289 g/mol. The fourth-order valence-electron chi connectivity index (χ4n) is 2.07. The van der Waals surface area contributed by atoms with E-state index in [0.29, 0.717) is 10.6 Å². The van der Waals surface area contributed by atoms with Gasteiger partial charge in [0.2, 0.25) is 0 Å². The quantitative estimate of drug-likeness (QED) is 0.906.